The SMILES string of the molecule is Cn1ccnc1[C@H](Nc1ccc(S(N)(=O)=O)cc1[N+](=O)[O-])c1ccc(Cl)cc1. The van der Waals surface area contributed by atoms with E-state index in [1.807, 2.05) is 0 Å². The highest BCUT2D eigenvalue weighted by Crippen LogP contribution is 2.33. The smallest absolute Gasteiger partial charge is 0.293 e. The molecule has 0 fully saturated rings. The van der Waals surface area contributed by atoms with Gasteiger partial charge in [0, 0.05) is 30.5 Å². The van der Waals surface area contributed by atoms with Crippen molar-refractivity contribution in [2.75, 3.05) is 5.32 Å². The summed E-state index contributed by atoms with van der Waals surface area (Å²) in [6, 6.07) is 9.86. The second-order valence-electron chi connectivity index (χ2n) is 6.01. The topological polar surface area (TPSA) is 133 Å². The molecule has 0 spiro atoms. The van der Waals surface area contributed by atoms with Crippen LogP contribution < -0.4 is 10.5 Å². The molecule has 0 aliphatic rings. The second kappa shape index (κ2) is 7.58. The van der Waals surface area contributed by atoms with E-state index < -0.39 is 26.7 Å². The first-order valence-electron chi connectivity index (χ1n) is 7.97. The van der Waals surface area contributed by atoms with E-state index in [2.05, 4.69) is 10.3 Å². The molecule has 0 saturated carbocycles. The van der Waals surface area contributed by atoms with Gasteiger partial charge in [0.2, 0.25) is 10.0 Å². The standard InChI is InChI=1S/C17H16ClN5O4S/c1-22-9-8-20-17(22)16(11-2-4-12(18)5-3-11)21-14-7-6-13(28(19,26)27)10-15(14)23(24)25/h2-10,16,21H,1H3,(H2,19,26,27)/t16-/m1/s1. The molecule has 1 aromatic heterocycles. The Morgan fingerprint density at radius 1 is 1.25 bits per heavy atom. The summed E-state index contributed by atoms with van der Waals surface area (Å²) in [6.07, 6.45) is 3.36. The zero-order valence-corrected chi connectivity index (χ0v) is 16.2. The Bertz CT molecular complexity index is 1130. The van der Waals surface area contributed by atoms with Crippen molar-refractivity contribution in [1.29, 1.82) is 0 Å². The summed E-state index contributed by atoms with van der Waals surface area (Å²) in [5, 5.41) is 20.2. The first kappa shape index (κ1) is 19.8. The molecular formula is C17H16ClN5O4S. The van der Waals surface area contributed by atoms with Gasteiger partial charge in [0.1, 0.15) is 17.6 Å². The van der Waals surface area contributed by atoms with Gasteiger partial charge in [-0.1, -0.05) is 23.7 Å². The van der Waals surface area contributed by atoms with Crippen LogP contribution in [0.15, 0.2) is 59.8 Å². The van der Waals surface area contributed by atoms with E-state index in [1.54, 1.807) is 48.3 Å². The molecule has 1 heterocycles. The first-order valence-corrected chi connectivity index (χ1v) is 9.89. The monoisotopic (exact) mass is 421 g/mol. The second-order valence-corrected chi connectivity index (χ2v) is 8.00. The number of nitro groups is 1. The van der Waals surface area contributed by atoms with Crippen LogP contribution in [0, 0.1) is 10.1 Å². The normalized spacial score (nSPS) is 12.5. The van der Waals surface area contributed by atoms with Gasteiger partial charge in [-0.3, -0.25) is 10.1 Å². The van der Waals surface area contributed by atoms with Gasteiger partial charge < -0.3 is 9.88 Å². The lowest BCUT2D eigenvalue weighted by molar-refractivity contribution is -0.384. The van der Waals surface area contributed by atoms with Gasteiger partial charge in [0.15, 0.2) is 0 Å². The molecule has 3 N–H and O–H groups in total. The number of anilines is 1. The molecule has 3 aromatic rings. The number of halogens is 1. The molecule has 0 bridgehead atoms. The number of sulfonamides is 1. The summed E-state index contributed by atoms with van der Waals surface area (Å²) in [5.41, 5.74) is 0.476. The lowest BCUT2D eigenvalue weighted by Crippen LogP contribution is -2.18. The minimum atomic E-state index is -4.07. The summed E-state index contributed by atoms with van der Waals surface area (Å²) in [5.74, 6) is 0.604. The third-order valence-electron chi connectivity index (χ3n) is 4.11. The molecule has 0 aliphatic carbocycles. The zero-order chi connectivity index (χ0) is 20.5. The highest BCUT2D eigenvalue weighted by Gasteiger charge is 2.24. The van der Waals surface area contributed by atoms with Gasteiger partial charge in [0.05, 0.1) is 9.82 Å². The van der Waals surface area contributed by atoms with E-state index in [-0.39, 0.29) is 10.6 Å². The van der Waals surface area contributed by atoms with E-state index in [4.69, 9.17) is 16.7 Å². The summed E-state index contributed by atoms with van der Waals surface area (Å²) in [7, 11) is -2.28. The number of nitro benzene ring substituents is 1. The van der Waals surface area contributed by atoms with Crippen LogP contribution in [0.2, 0.25) is 5.02 Å². The summed E-state index contributed by atoms with van der Waals surface area (Å²) in [4.78, 5) is 14.8. The molecule has 0 saturated heterocycles. The van der Waals surface area contributed by atoms with E-state index in [9.17, 15) is 18.5 Å². The van der Waals surface area contributed by atoms with Crippen LogP contribution in [0.25, 0.3) is 0 Å². The number of rotatable bonds is 6. The minimum absolute atomic E-state index is 0.125. The Hall–Kier alpha value is -2.95. The molecule has 0 radical (unpaired) electrons. The quantitative estimate of drug-likeness (QED) is 0.464. The molecule has 1 atom stereocenters. The van der Waals surface area contributed by atoms with Gasteiger partial charge in [-0.2, -0.15) is 0 Å². The first-order chi connectivity index (χ1) is 13.2. The Morgan fingerprint density at radius 2 is 1.93 bits per heavy atom. The number of hydrogen-bond acceptors (Lipinski definition) is 6. The maximum atomic E-state index is 11.5. The predicted octanol–water partition coefficient (Wildman–Crippen LogP) is 2.83. The molecule has 0 amide bonds. The Balaban J connectivity index is 2.10. The van der Waals surface area contributed by atoms with E-state index >= 15 is 0 Å². The maximum absolute atomic E-state index is 11.5. The number of benzene rings is 2. The summed E-state index contributed by atoms with van der Waals surface area (Å²) < 4.78 is 24.8. The van der Waals surface area contributed by atoms with Crippen LogP contribution in [0.3, 0.4) is 0 Å². The Labute approximate surface area is 166 Å². The van der Waals surface area contributed by atoms with E-state index in [1.165, 1.54) is 12.1 Å². The highest BCUT2D eigenvalue weighted by atomic mass is 35.5. The van der Waals surface area contributed by atoms with Crippen molar-refractivity contribution < 1.29 is 13.3 Å². The molecule has 9 nitrogen and oxygen atoms in total. The molecule has 0 aliphatic heterocycles. The van der Waals surface area contributed by atoms with Gasteiger partial charge >= 0.3 is 0 Å². The Kier molecular flexibility index (Phi) is 5.36. The van der Waals surface area contributed by atoms with Crippen LogP contribution in [0.1, 0.15) is 17.4 Å². The summed E-state index contributed by atoms with van der Waals surface area (Å²) in [6.45, 7) is 0. The fourth-order valence-electron chi connectivity index (χ4n) is 2.72. The lowest BCUT2D eigenvalue weighted by Gasteiger charge is -2.20. The third-order valence-corrected chi connectivity index (χ3v) is 5.28. The van der Waals surface area contributed by atoms with Crippen molar-refractivity contribution in [3.63, 3.8) is 0 Å². The van der Waals surface area contributed by atoms with Gasteiger partial charge in [-0.05, 0) is 29.8 Å². The van der Waals surface area contributed by atoms with Crippen molar-refractivity contribution in [3.05, 3.63) is 81.4 Å². The average Bonchev–Trinajstić information content (AvgIpc) is 3.05. The number of imidazole rings is 1. The lowest BCUT2D eigenvalue weighted by atomic mass is 10.1. The van der Waals surface area contributed by atoms with Crippen LogP contribution in [-0.4, -0.2) is 22.9 Å². The molecular weight excluding hydrogens is 406 g/mol. The number of aryl methyl sites for hydroxylation is 1. The van der Waals surface area contributed by atoms with Crippen LogP contribution >= 0.6 is 11.6 Å². The third kappa shape index (κ3) is 4.14. The highest BCUT2D eigenvalue weighted by molar-refractivity contribution is 7.89. The minimum Gasteiger partial charge on any atom is -0.366 e. The van der Waals surface area contributed by atoms with Gasteiger partial charge in [-0.25, -0.2) is 18.5 Å². The van der Waals surface area contributed by atoms with Crippen LogP contribution in [0.4, 0.5) is 11.4 Å². The number of aromatic nitrogens is 2. The molecule has 11 heteroatoms. The maximum Gasteiger partial charge on any atom is 0.293 e. The Morgan fingerprint density at radius 3 is 2.46 bits per heavy atom. The molecule has 28 heavy (non-hydrogen) atoms. The van der Waals surface area contributed by atoms with E-state index in [0.717, 1.165) is 11.6 Å². The van der Waals surface area contributed by atoms with Gasteiger partial charge in [-0.15, -0.1) is 0 Å². The van der Waals surface area contributed by atoms with E-state index in [0.29, 0.717) is 10.8 Å². The molecule has 2 aromatic carbocycles. The number of primary sulfonamides is 1. The van der Waals surface area contributed by atoms with Gasteiger partial charge in [0.25, 0.3) is 5.69 Å². The van der Waals surface area contributed by atoms with Crippen molar-refractivity contribution in [1.82, 2.24) is 9.55 Å². The zero-order valence-electron chi connectivity index (χ0n) is 14.6. The van der Waals surface area contributed by atoms with Crippen molar-refractivity contribution in [3.8, 4) is 0 Å². The predicted molar refractivity (Wildman–Crippen MR) is 105 cm³/mol. The fraction of sp³-hybridized carbons (Fsp3) is 0.118. The number of nitrogens with one attached hydrogen (secondary N) is 1. The largest absolute Gasteiger partial charge is 0.366 e. The number of hydrogen-bond donors (Lipinski definition) is 2. The van der Waals surface area contributed by atoms with Crippen molar-refractivity contribution >= 4 is 33.0 Å². The average molecular weight is 422 g/mol. The van der Waals surface area contributed by atoms with Crippen molar-refractivity contribution in [2.45, 2.75) is 10.9 Å². The molecule has 0 unspecified atom stereocenters. The number of nitrogens with two attached hydrogens (primary N) is 1. The van der Waals surface area contributed by atoms with Crippen LogP contribution in [-0.2, 0) is 17.1 Å². The van der Waals surface area contributed by atoms with Crippen molar-refractivity contribution in [2.24, 2.45) is 12.2 Å². The number of nitrogens with zero attached hydrogens (tertiary/aromatic N) is 3. The molecule has 3 rings (SSSR count). The molecule has 146 valence electrons. The van der Waals surface area contributed by atoms with Crippen LogP contribution in [0.5, 0.6) is 0 Å². The summed E-state index contributed by atoms with van der Waals surface area (Å²) >= 11 is 5.96. The fourth-order valence-corrected chi connectivity index (χ4v) is 3.38.